The van der Waals surface area contributed by atoms with Crippen molar-refractivity contribution >= 4 is 0 Å². The van der Waals surface area contributed by atoms with E-state index in [0.29, 0.717) is 12.0 Å². The van der Waals surface area contributed by atoms with Gasteiger partial charge in [0, 0.05) is 31.7 Å². The maximum atomic E-state index is 6.59. The van der Waals surface area contributed by atoms with Gasteiger partial charge in [0.15, 0.2) is 17.6 Å². The summed E-state index contributed by atoms with van der Waals surface area (Å²) in [7, 11) is 7.34. The van der Waals surface area contributed by atoms with E-state index in [2.05, 4.69) is 30.2 Å². The second-order valence-corrected chi connectivity index (χ2v) is 7.69. The van der Waals surface area contributed by atoms with Gasteiger partial charge in [0.2, 0.25) is 5.79 Å². The van der Waals surface area contributed by atoms with Crippen molar-refractivity contribution < 1.29 is 18.9 Å². The number of ether oxygens (including phenoxy) is 4. The maximum Gasteiger partial charge on any atom is 0.226 e. The number of benzene rings is 1. The molecule has 2 aliphatic carbocycles. The summed E-state index contributed by atoms with van der Waals surface area (Å²) in [6.45, 7) is 1.05. The Balaban J connectivity index is 1.82. The minimum atomic E-state index is -0.865. The Labute approximate surface area is 148 Å². The van der Waals surface area contributed by atoms with E-state index in [9.17, 15) is 0 Å². The average Bonchev–Trinajstić information content (AvgIpc) is 3.00. The van der Waals surface area contributed by atoms with Gasteiger partial charge in [-0.3, -0.25) is 0 Å². The van der Waals surface area contributed by atoms with Gasteiger partial charge in [0.05, 0.1) is 12.5 Å². The minimum Gasteiger partial charge on any atom is -0.493 e. The molecule has 0 aromatic heterocycles. The van der Waals surface area contributed by atoms with Gasteiger partial charge in [-0.15, -0.1) is 0 Å². The van der Waals surface area contributed by atoms with Gasteiger partial charge in [-0.25, -0.2) is 0 Å². The minimum absolute atomic E-state index is 0.116. The van der Waals surface area contributed by atoms with Crippen molar-refractivity contribution in [2.75, 3.05) is 34.9 Å². The van der Waals surface area contributed by atoms with Crippen LogP contribution in [0.4, 0.5) is 0 Å². The summed E-state index contributed by atoms with van der Waals surface area (Å²) in [6.07, 6.45) is 6.25. The van der Waals surface area contributed by atoms with Crippen LogP contribution in [0.3, 0.4) is 0 Å². The van der Waals surface area contributed by atoms with E-state index >= 15 is 0 Å². The number of rotatable bonds is 3. The van der Waals surface area contributed by atoms with E-state index in [0.717, 1.165) is 30.9 Å². The molecule has 5 nitrogen and oxygen atoms in total. The van der Waals surface area contributed by atoms with Gasteiger partial charge in [-0.05, 0) is 44.1 Å². The predicted molar refractivity (Wildman–Crippen MR) is 93.2 cm³/mol. The molecule has 25 heavy (non-hydrogen) atoms. The van der Waals surface area contributed by atoms with Crippen LogP contribution in [0.1, 0.15) is 17.5 Å². The standard InChI is InChI=1S/C20H25NO4/c1-21-10-9-19-13-7-8-20(23-3,24-4)18(19)25-17-15(22-2)6-5-12(16(17)19)11-14(13)21/h5-8,13-14,18H,9-11H2,1-4H3/t13-,14+,18+,19-/m0/s1. The molecule has 0 amide bonds. The molecule has 1 spiro atoms. The summed E-state index contributed by atoms with van der Waals surface area (Å²) in [5, 5.41) is 0. The van der Waals surface area contributed by atoms with Crippen LogP contribution in [0, 0.1) is 5.92 Å². The summed E-state index contributed by atoms with van der Waals surface area (Å²) in [5.41, 5.74) is 2.59. The molecular weight excluding hydrogens is 318 g/mol. The maximum absolute atomic E-state index is 6.59. The van der Waals surface area contributed by atoms with Crippen LogP contribution in [0.15, 0.2) is 24.3 Å². The smallest absolute Gasteiger partial charge is 0.226 e. The summed E-state index contributed by atoms with van der Waals surface area (Å²) in [5.74, 6) is 1.23. The first kappa shape index (κ1) is 15.7. The van der Waals surface area contributed by atoms with Crippen LogP contribution in [0.5, 0.6) is 11.5 Å². The van der Waals surface area contributed by atoms with Crippen molar-refractivity contribution in [3.8, 4) is 11.5 Å². The van der Waals surface area contributed by atoms with Gasteiger partial charge in [0.25, 0.3) is 0 Å². The third kappa shape index (κ3) is 1.65. The molecule has 4 aliphatic rings. The zero-order valence-electron chi connectivity index (χ0n) is 15.2. The topological polar surface area (TPSA) is 40.2 Å². The van der Waals surface area contributed by atoms with Crippen LogP contribution in [-0.4, -0.2) is 57.8 Å². The number of piperidine rings is 1. The number of likely N-dealkylation sites (N-methyl/N-ethyl adjacent to an activating group) is 1. The largest absolute Gasteiger partial charge is 0.493 e. The third-order valence-corrected chi connectivity index (χ3v) is 7.02. The van der Waals surface area contributed by atoms with Crippen molar-refractivity contribution in [3.05, 3.63) is 35.4 Å². The molecule has 0 N–H and O–H groups in total. The molecule has 2 bridgehead atoms. The first-order valence-corrected chi connectivity index (χ1v) is 8.98. The van der Waals surface area contributed by atoms with E-state index in [4.69, 9.17) is 18.9 Å². The van der Waals surface area contributed by atoms with E-state index in [1.807, 2.05) is 6.07 Å². The Bertz CT molecular complexity index is 756. The molecule has 1 saturated heterocycles. The lowest BCUT2D eigenvalue weighted by Gasteiger charge is -2.58. The highest BCUT2D eigenvalue weighted by Gasteiger charge is 2.68. The van der Waals surface area contributed by atoms with Crippen LogP contribution in [0.25, 0.3) is 0 Å². The first-order chi connectivity index (χ1) is 12.1. The fraction of sp³-hybridized carbons (Fsp3) is 0.600. The van der Waals surface area contributed by atoms with Crippen molar-refractivity contribution in [2.45, 2.75) is 36.2 Å². The highest BCUT2D eigenvalue weighted by Crippen LogP contribution is 2.64. The fourth-order valence-electron chi connectivity index (χ4n) is 5.83. The average molecular weight is 343 g/mol. The Kier molecular flexibility index (Phi) is 3.13. The Morgan fingerprint density at radius 1 is 1.20 bits per heavy atom. The normalized spacial score (nSPS) is 36.7. The lowest BCUT2D eigenvalue weighted by Crippen LogP contribution is -2.68. The molecule has 134 valence electrons. The first-order valence-electron chi connectivity index (χ1n) is 8.98. The SMILES string of the molecule is COc1ccc2c3c1O[C@H]1C(OC)(OC)C=C[C@H]4[C@@H](C2)N(C)CC[C@@]341. The summed E-state index contributed by atoms with van der Waals surface area (Å²) in [4.78, 5) is 2.50. The molecule has 2 aliphatic heterocycles. The number of hydrogen-bond donors (Lipinski definition) is 0. The van der Waals surface area contributed by atoms with E-state index < -0.39 is 5.79 Å². The highest BCUT2D eigenvalue weighted by atomic mass is 16.7. The molecule has 5 rings (SSSR count). The monoisotopic (exact) mass is 343 g/mol. The molecule has 1 aromatic carbocycles. The Morgan fingerprint density at radius 2 is 2.00 bits per heavy atom. The van der Waals surface area contributed by atoms with Crippen molar-refractivity contribution in [3.63, 3.8) is 0 Å². The zero-order valence-corrected chi connectivity index (χ0v) is 15.2. The molecule has 1 aromatic rings. The van der Waals surface area contributed by atoms with Gasteiger partial charge in [-0.2, -0.15) is 0 Å². The summed E-state index contributed by atoms with van der Waals surface area (Å²) < 4.78 is 24.0. The third-order valence-electron chi connectivity index (χ3n) is 7.02. The van der Waals surface area contributed by atoms with Gasteiger partial charge in [-0.1, -0.05) is 12.1 Å². The van der Waals surface area contributed by atoms with Gasteiger partial charge in [0.1, 0.15) is 0 Å². The lowest BCUT2D eigenvalue weighted by atomic mass is 9.52. The fourth-order valence-corrected chi connectivity index (χ4v) is 5.83. The Morgan fingerprint density at radius 3 is 2.72 bits per heavy atom. The quantitative estimate of drug-likeness (QED) is 0.621. The number of hydrogen-bond acceptors (Lipinski definition) is 5. The molecule has 1 fully saturated rings. The molecular formula is C20H25NO4. The highest BCUT2D eigenvalue weighted by molar-refractivity contribution is 5.62. The van der Waals surface area contributed by atoms with Gasteiger partial charge < -0.3 is 23.8 Å². The second kappa shape index (κ2) is 5.00. The molecule has 0 radical (unpaired) electrons. The van der Waals surface area contributed by atoms with Gasteiger partial charge >= 0.3 is 0 Å². The van der Waals surface area contributed by atoms with E-state index in [1.54, 1.807) is 21.3 Å². The van der Waals surface area contributed by atoms with Crippen LogP contribution < -0.4 is 9.47 Å². The molecule has 5 heteroatoms. The molecule has 0 saturated carbocycles. The lowest BCUT2D eigenvalue weighted by molar-refractivity contribution is -0.244. The van der Waals surface area contributed by atoms with Crippen molar-refractivity contribution in [1.29, 1.82) is 0 Å². The predicted octanol–water partition coefficient (Wildman–Crippen LogP) is 2.13. The molecule has 4 atom stereocenters. The number of likely N-dealkylation sites (tertiary alicyclic amines) is 1. The van der Waals surface area contributed by atoms with Crippen LogP contribution >= 0.6 is 0 Å². The molecule has 2 heterocycles. The summed E-state index contributed by atoms with van der Waals surface area (Å²) >= 11 is 0. The van der Waals surface area contributed by atoms with Crippen LogP contribution in [0.2, 0.25) is 0 Å². The van der Waals surface area contributed by atoms with E-state index in [1.165, 1.54) is 11.1 Å². The summed E-state index contributed by atoms with van der Waals surface area (Å²) in [6, 6.07) is 4.73. The number of nitrogens with zero attached hydrogens (tertiary/aromatic N) is 1. The van der Waals surface area contributed by atoms with Crippen molar-refractivity contribution in [2.24, 2.45) is 5.92 Å². The molecule has 0 unspecified atom stereocenters. The number of methoxy groups -OCH3 is 3. The zero-order chi connectivity index (χ0) is 17.4. The Hall–Kier alpha value is -1.56. The second-order valence-electron chi connectivity index (χ2n) is 7.69. The van der Waals surface area contributed by atoms with E-state index in [-0.39, 0.29) is 11.5 Å². The van der Waals surface area contributed by atoms with Crippen LogP contribution in [-0.2, 0) is 21.3 Å². The van der Waals surface area contributed by atoms with Crippen molar-refractivity contribution in [1.82, 2.24) is 4.90 Å².